The Morgan fingerprint density at radius 3 is 2.63 bits per heavy atom. The van der Waals surface area contributed by atoms with Crippen LogP contribution in [0.1, 0.15) is 23.2 Å². The number of amides is 1. The van der Waals surface area contributed by atoms with E-state index in [1.54, 1.807) is 4.72 Å². The van der Waals surface area contributed by atoms with E-state index in [-0.39, 0.29) is 24.6 Å². The van der Waals surface area contributed by atoms with Crippen molar-refractivity contribution in [2.75, 3.05) is 40.3 Å². The molecule has 0 radical (unpaired) electrons. The highest BCUT2D eigenvalue weighted by atomic mass is 32.2. The molecule has 1 aliphatic heterocycles. The third kappa shape index (κ3) is 4.29. The molecule has 0 aromatic heterocycles. The molecule has 1 heterocycles. The molecular formula is C17H23F2N3O4S. The molecule has 1 N–H and O–H groups in total. The molecule has 1 aliphatic carbocycles. The Bertz CT molecular complexity index is 817. The number of hydrogen-bond acceptors (Lipinski definition) is 5. The zero-order chi connectivity index (χ0) is 19.8. The van der Waals surface area contributed by atoms with Crippen molar-refractivity contribution in [3.05, 3.63) is 35.4 Å². The van der Waals surface area contributed by atoms with Crippen LogP contribution in [0.4, 0.5) is 8.78 Å². The number of benzene rings is 1. The second-order valence-corrected chi connectivity index (χ2v) is 9.18. The minimum Gasteiger partial charge on any atom is -0.377 e. The van der Waals surface area contributed by atoms with Gasteiger partial charge in [-0.15, -0.1) is 0 Å². The Labute approximate surface area is 157 Å². The van der Waals surface area contributed by atoms with Crippen LogP contribution in [0.5, 0.6) is 0 Å². The van der Waals surface area contributed by atoms with Crippen molar-refractivity contribution in [1.82, 2.24) is 13.9 Å². The van der Waals surface area contributed by atoms with E-state index < -0.39 is 33.3 Å². The number of halogens is 2. The first kappa shape index (κ1) is 20.1. The number of carbonyl (C=O) groups is 1. The molecule has 7 nitrogen and oxygen atoms in total. The van der Waals surface area contributed by atoms with Crippen LogP contribution in [0, 0.1) is 17.0 Å². The fourth-order valence-corrected chi connectivity index (χ4v) is 4.83. The molecule has 27 heavy (non-hydrogen) atoms. The SMILES string of the molecule is CN(C)CCOC1CC2(C1)CN(S(=O)(=O)NC(=O)c1cccc(F)c1F)C2. The molecule has 150 valence electrons. The minimum atomic E-state index is -4.10. The molecule has 2 fully saturated rings. The summed E-state index contributed by atoms with van der Waals surface area (Å²) in [5.74, 6) is -3.77. The minimum absolute atomic E-state index is 0.106. The van der Waals surface area contributed by atoms with E-state index in [9.17, 15) is 22.0 Å². The fraction of sp³-hybridized carbons (Fsp3) is 0.588. The van der Waals surface area contributed by atoms with E-state index in [0.29, 0.717) is 6.61 Å². The lowest BCUT2D eigenvalue weighted by atomic mass is 9.63. The third-order valence-electron chi connectivity index (χ3n) is 4.99. The van der Waals surface area contributed by atoms with E-state index in [1.165, 1.54) is 0 Å². The molecule has 2 aliphatic rings. The number of hydrogen-bond donors (Lipinski definition) is 1. The van der Waals surface area contributed by atoms with Gasteiger partial charge in [0, 0.05) is 25.0 Å². The Morgan fingerprint density at radius 2 is 2.00 bits per heavy atom. The van der Waals surface area contributed by atoms with Gasteiger partial charge in [-0.05, 0) is 39.1 Å². The first-order valence-corrected chi connectivity index (χ1v) is 10.1. The van der Waals surface area contributed by atoms with Crippen LogP contribution in [0.3, 0.4) is 0 Å². The Hall–Kier alpha value is -1.62. The van der Waals surface area contributed by atoms with Gasteiger partial charge in [-0.3, -0.25) is 4.79 Å². The Morgan fingerprint density at radius 1 is 1.33 bits per heavy atom. The Balaban J connectivity index is 1.49. The summed E-state index contributed by atoms with van der Waals surface area (Å²) >= 11 is 0. The molecule has 1 saturated heterocycles. The van der Waals surface area contributed by atoms with Gasteiger partial charge in [0.2, 0.25) is 0 Å². The van der Waals surface area contributed by atoms with Crippen molar-refractivity contribution in [3.63, 3.8) is 0 Å². The summed E-state index contributed by atoms with van der Waals surface area (Å²) in [5, 5.41) is 0. The van der Waals surface area contributed by atoms with Gasteiger partial charge in [0.05, 0.1) is 18.3 Å². The van der Waals surface area contributed by atoms with Crippen molar-refractivity contribution >= 4 is 16.1 Å². The van der Waals surface area contributed by atoms with Crippen LogP contribution in [0.15, 0.2) is 18.2 Å². The van der Waals surface area contributed by atoms with Gasteiger partial charge in [0.25, 0.3) is 5.91 Å². The molecule has 0 bridgehead atoms. The highest BCUT2D eigenvalue weighted by molar-refractivity contribution is 7.87. The summed E-state index contributed by atoms with van der Waals surface area (Å²) in [6.45, 7) is 2.03. The normalized spacial score (nSPS) is 19.7. The zero-order valence-corrected chi connectivity index (χ0v) is 16.1. The van der Waals surface area contributed by atoms with Gasteiger partial charge < -0.3 is 9.64 Å². The number of nitrogens with one attached hydrogen (secondary N) is 1. The van der Waals surface area contributed by atoms with E-state index in [1.807, 2.05) is 19.0 Å². The van der Waals surface area contributed by atoms with E-state index >= 15 is 0 Å². The topological polar surface area (TPSA) is 79.0 Å². The molecule has 1 aromatic rings. The molecule has 1 amide bonds. The maximum absolute atomic E-state index is 13.6. The summed E-state index contributed by atoms with van der Waals surface area (Å²) < 4.78 is 60.1. The summed E-state index contributed by atoms with van der Waals surface area (Å²) in [7, 11) is -0.171. The van der Waals surface area contributed by atoms with Gasteiger partial charge in [-0.1, -0.05) is 6.07 Å². The number of nitrogens with zero attached hydrogens (tertiary/aromatic N) is 2. The molecule has 10 heteroatoms. The molecule has 1 spiro atoms. The summed E-state index contributed by atoms with van der Waals surface area (Å²) in [6.07, 6.45) is 1.68. The molecular weight excluding hydrogens is 380 g/mol. The molecule has 3 rings (SSSR count). The summed E-state index contributed by atoms with van der Waals surface area (Å²) in [4.78, 5) is 14.0. The van der Waals surface area contributed by atoms with Crippen LogP contribution in [-0.4, -0.2) is 70.0 Å². The lowest BCUT2D eigenvalue weighted by Gasteiger charge is -2.57. The van der Waals surface area contributed by atoms with Gasteiger partial charge >= 0.3 is 10.2 Å². The van der Waals surface area contributed by atoms with Gasteiger partial charge in [0.1, 0.15) is 0 Å². The van der Waals surface area contributed by atoms with Gasteiger partial charge in [-0.25, -0.2) is 13.5 Å². The van der Waals surface area contributed by atoms with Crippen molar-refractivity contribution in [2.24, 2.45) is 5.41 Å². The van der Waals surface area contributed by atoms with Crippen LogP contribution in [0.25, 0.3) is 0 Å². The quantitative estimate of drug-likeness (QED) is 0.734. The van der Waals surface area contributed by atoms with E-state index in [0.717, 1.165) is 41.9 Å². The van der Waals surface area contributed by atoms with Crippen molar-refractivity contribution in [3.8, 4) is 0 Å². The Kier molecular flexibility index (Phi) is 5.53. The second-order valence-electron chi connectivity index (χ2n) is 7.51. The molecule has 0 atom stereocenters. The average molecular weight is 403 g/mol. The third-order valence-corrected chi connectivity index (χ3v) is 6.38. The van der Waals surface area contributed by atoms with E-state index in [2.05, 4.69) is 0 Å². The predicted molar refractivity (Wildman–Crippen MR) is 94.3 cm³/mol. The molecule has 0 unspecified atom stereocenters. The number of ether oxygens (including phenoxy) is 1. The fourth-order valence-electron chi connectivity index (χ4n) is 3.47. The van der Waals surface area contributed by atoms with Crippen LogP contribution < -0.4 is 4.72 Å². The summed E-state index contributed by atoms with van der Waals surface area (Å²) in [6, 6.07) is 3.03. The maximum atomic E-state index is 13.6. The number of likely N-dealkylation sites (N-methyl/N-ethyl adjacent to an activating group) is 1. The van der Waals surface area contributed by atoms with Crippen LogP contribution >= 0.6 is 0 Å². The summed E-state index contributed by atoms with van der Waals surface area (Å²) in [5.41, 5.74) is -0.753. The standard InChI is InChI=1S/C17H23F2N3O4S/c1-21(2)6-7-26-12-8-17(9-12)10-22(11-17)27(24,25)20-16(23)13-4-3-5-14(18)15(13)19/h3-5,12H,6-11H2,1-2H3,(H,20,23). The first-order chi connectivity index (χ1) is 12.6. The smallest absolute Gasteiger partial charge is 0.304 e. The highest BCUT2D eigenvalue weighted by Gasteiger charge is 2.56. The second kappa shape index (κ2) is 7.42. The monoisotopic (exact) mass is 403 g/mol. The largest absolute Gasteiger partial charge is 0.377 e. The lowest BCUT2D eigenvalue weighted by molar-refractivity contribution is -0.129. The van der Waals surface area contributed by atoms with Crippen molar-refractivity contribution in [1.29, 1.82) is 0 Å². The van der Waals surface area contributed by atoms with E-state index in [4.69, 9.17) is 4.74 Å². The maximum Gasteiger partial charge on any atom is 0.304 e. The molecule has 1 saturated carbocycles. The average Bonchev–Trinajstić information content (AvgIpc) is 2.49. The van der Waals surface area contributed by atoms with Crippen LogP contribution in [0.2, 0.25) is 0 Å². The van der Waals surface area contributed by atoms with Crippen molar-refractivity contribution < 1.29 is 26.7 Å². The lowest BCUT2D eigenvalue weighted by Crippen LogP contribution is -2.67. The van der Waals surface area contributed by atoms with Gasteiger partial charge in [-0.2, -0.15) is 12.7 Å². The zero-order valence-electron chi connectivity index (χ0n) is 15.2. The number of carbonyl (C=O) groups excluding carboxylic acids is 1. The van der Waals surface area contributed by atoms with Crippen LogP contribution in [-0.2, 0) is 14.9 Å². The van der Waals surface area contributed by atoms with Crippen molar-refractivity contribution in [2.45, 2.75) is 18.9 Å². The first-order valence-electron chi connectivity index (χ1n) is 8.64. The number of rotatable bonds is 7. The molecule has 1 aromatic carbocycles. The highest BCUT2D eigenvalue weighted by Crippen LogP contribution is 2.50. The van der Waals surface area contributed by atoms with Gasteiger partial charge in [0.15, 0.2) is 11.6 Å². The predicted octanol–water partition coefficient (Wildman–Crippen LogP) is 0.982.